The van der Waals surface area contributed by atoms with Gasteiger partial charge in [-0.3, -0.25) is 9.59 Å². The minimum atomic E-state index is -0.120. The van der Waals surface area contributed by atoms with Gasteiger partial charge in [0, 0.05) is 25.9 Å². The Bertz CT molecular complexity index is 328. The Hall–Kier alpha value is -0.910. The molecular formula is C10H15ClN2O2S. The SMILES string of the molecule is Cl.NCCNC(=O)CCC(=O)c1cccs1. The quantitative estimate of drug-likeness (QED) is 0.757. The number of carbonyl (C=O) groups excluding carboxylic acids is 2. The number of ketones is 1. The number of Topliss-reactive ketones (excluding diaryl/α,β-unsaturated/α-hetero) is 1. The van der Waals surface area contributed by atoms with E-state index in [2.05, 4.69) is 5.32 Å². The maximum atomic E-state index is 11.5. The Morgan fingerprint density at radius 2 is 2.12 bits per heavy atom. The molecule has 3 N–H and O–H groups in total. The number of thiophene rings is 1. The molecule has 16 heavy (non-hydrogen) atoms. The number of rotatable bonds is 6. The van der Waals surface area contributed by atoms with Gasteiger partial charge in [-0.1, -0.05) is 6.07 Å². The van der Waals surface area contributed by atoms with Crippen LogP contribution in [-0.2, 0) is 4.79 Å². The molecule has 0 aliphatic heterocycles. The number of halogens is 1. The van der Waals surface area contributed by atoms with Crippen molar-refractivity contribution in [2.45, 2.75) is 12.8 Å². The number of carbonyl (C=O) groups is 2. The van der Waals surface area contributed by atoms with Crippen LogP contribution in [0, 0.1) is 0 Å². The Kier molecular flexibility index (Phi) is 7.80. The molecule has 0 atom stereocenters. The van der Waals surface area contributed by atoms with Gasteiger partial charge in [0.1, 0.15) is 0 Å². The van der Waals surface area contributed by atoms with Crippen molar-refractivity contribution in [1.29, 1.82) is 0 Å². The molecule has 0 aromatic carbocycles. The first kappa shape index (κ1) is 15.1. The lowest BCUT2D eigenvalue weighted by Crippen LogP contribution is -2.29. The summed E-state index contributed by atoms with van der Waals surface area (Å²) in [5, 5.41) is 4.47. The van der Waals surface area contributed by atoms with Crippen LogP contribution in [-0.4, -0.2) is 24.8 Å². The van der Waals surface area contributed by atoms with Crippen molar-refractivity contribution >= 4 is 35.4 Å². The van der Waals surface area contributed by atoms with E-state index < -0.39 is 0 Å². The van der Waals surface area contributed by atoms with Gasteiger partial charge in [-0.15, -0.1) is 23.7 Å². The van der Waals surface area contributed by atoms with Gasteiger partial charge in [0.25, 0.3) is 0 Å². The van der Waals surface area contributed by atoms with Gasteiger partial charge in [-0.2, -0.15) is 0 Å². The molecule has 0 saturated carbocycles. The molecule has 0 fully saturated rings. The smallest absolute Gasteiger partial charge is 0.220 e. The predicted molar refractivity (Wildman–Crippen MR) is 67.2 cm³/mol. The maximum Gasteiger partial charge on any atom is 0.220 e. The lowest BCUT2D eigenvalue weighted by Gasteiger charge is -2.01. The zero-order valence-electron chi connectivity index (χ0n) is 8.77. The zero-order valence-corrected chi connectivity index (χ0v) is 10.4. The first-order valence-electron chi connectivity index (χ1n) is 4.77. The molecule has 0 spiro atoms. The first-order valence-corrected chi connectivity index (χ1v) is 5.65. The van der Waals surface area contributed by atoms with E-state index in [9.17, 15) is 9.59 Å². The van der Waals surface area contributed by atoms with Gasteiger partial charge in [-0.05, 0) is 11.4 Å². The largest absolute Gasteiger partial charge is 0.355 e. The van der Waals surface area contributed by atoms with Gasteiger partial charge in [0.15, 0.2) is 5.78 Å². The van der Waals surface area contributed by atoms with Crippen molar-refractivity contribution in [1.82, 2.24) is 5.32 Å². The molecule has 1 heterocycles. The van der Waals surface area contributed by atoms with Crippen LogP contribution in [0.5, 0.6) is 0 Å². The minimum Gasteiger partial charge on any atom is -0.355 e. The Labute approximate surface area is 105 Å². The second-order valence-corrected chi connectivity index (χ2v) is 3.99. The van der Waals surface area contributed by atoms with E-state index in [0.717, 1.165) is 0 Å². The standard InChI is InChI=1S/C10H14N2O2S.ClH/c11-5-6-12-10(14)4-3-8(13)9-2-1-7-15-9;/h1-2,7H,3-6,11H2,(H,12,14);1H. The highest BCUT2D eigenvalue weighted by Gasteiger charge is 2.09. The summed E-state index contributed by atoms with van der Waals surface area (Å²) in [6, 6.07) is 3.59. The van der Waals surface area contributed by atoms with Crippen molar-refractivity contribution < 1.29 is 9.59 Å². The highest BCUT2D eigenvalue weighted by molar-refractivity contribution is 7.12. The lowest BCUT2D eigenvalue weighted by atomic mass is 10.2. The molecule has 1 aromatic rings. The lowest BCUT2D eigenvalue weighted by molar-refractivity contribution is -0.121. The Balaban J connectivity index is 0.00000225. The van der Waals surface area contributed by atoms with Crippen LogP contribution in [0.3, 0.4) is 0 Å². The van der Waals surface area contributed by atoms with Crippen molar-refractivity contribution in [3.63, 3.8) is 0 Å². The number of hydrogen-bond donors (Lipinski definition) is 2. The van der Waals surface area contributed by atoms with Gasteiger partial charge in [0.2, 0.25) is 5.91 Å². The predicted octanol–water partition coefficient (Wildman–Crippen LogP) is 1.21. The summed E-state index contributed by atoms with van der Waals surface area (Å²) in [6.45, 7) is 0.886. The molecule has 1 aromatic heterocycles. The summed E-state index contributed by atoms with van der Waals surface area (Å²) in [6.07, 6.45) is 0.494. The van der Waals surface area contributed by atoms with E-state index in [1.54, 1.807) is 6.07 Å². The minimum absolute atomic E-state index is 0. The van der Waals surface area contributed by atoms with Crippen LogP contribution < -0.4 is 11.1 Å². The average Bonchev–Trinajstić information content (AvgIpc) is 2.76. The van der Waals surface area contributed by atoms with Crippen molar-refractivity contribution in [2.24, 2.45) is 5.73 Å². The third kappa shape index (κ3) is 5.25. The average molecular weight is 263 g/mol. The summed E-state index contributed by atoms with van der Waals surface area (Å²) in [5.41, 5.74) is 5.23. The number of nitrogens with two attached hydrogens (primary N) is 1. The zero-order chi connectivity index (χ0) is 11.1. The second-order valence-electron chi connectivity index (χ2n) is 3.04. The van der Waals surface area contributed by atoms with Crippen LogP contribution >= 0.6 is 23.7 Å². The third-order valence-corrected chi connectivity index (χ3v) is 2.75. The van der Waals surface area contributed by atoms with Gasteiger partial charge < -0.3 is 11.1 Å². The molecule has 0 unspecified atom stereocenters. The monoisotopic (exact) mass is 262 g/mol. The van der Waals surface area contributed by atoms with Crippen LogP contribution in [0.1, 0.15) is 22.5 Å². The van der Waals surface area contributed by atoms with E-state index in [1.807, 2.05) is 11.4 Å². The maximum absolute atomic E-state index is 11.5. The van der Waals surface area contributed by atoms with Crippen LogP contribution in [0.4, 0.5) is 0 Å². The summed E-state index contributed by atoms with van der Waals surface area (Å²) in [5.74, 6) is -0.0988. The van der Waals surface area contributed by atoms with Crippen molar-refractivity contribution in [3.8, 4) is 0 Å². The van der Waals surface area contributed by atoms with E-state index in [4.69, 9.17) is 5.73 Å². The molecule has 0 aliphatic carbocycles. The third-order valence-electron chi connectivity index (χ3n) is 1.84. The fraction of sp³-hybridized carbons (Fsp3) is 0.400. The van der Waals surface area contributed by atoms with Gasteiger partial charge in [0.05, 0.1) is 4.88 Å². The summed E-state index contributed by atoms with van der Waals surface area (Å²) >= 11 is 1.40. The highest BCUT2D eigenvalue weighted by atomic mass is 35.5. The molecule has 6 heteroatoms. The molecule has 0 saturated heterocycles. The molecule has 4 nitrogen and oxygen atoms in total. The fourth-order valence-corrected chi connectivity index (χ4v) is 1.78. The normalized spacial score (nSPS) is 9.31. The van der Waals surface area contributed by atoms with Crippen LogP contribution in [0.25, 0.3) is 0 Å². The van der Waals surface area contributed by atoms with Crippen molar-refractivity contribution in [2.75, 3.05) is 13.1 Å². The fourth-order valence-electron chi connectivity index (χ4n) is 1.09. The molecule has 1 amide bonds. The molecule has 1 rings (SSSR count). The summed E-state index contributed by atoms with van der Waals surface area (Å²) < 4.78 is 0. The topological polar surface area (TPSA) is 72.2 Å². The van der Waals surface area contributed by atoms with E-state index in [-0.39, 0.29) is 36.9 Å². The molecular weight excluding hydrogens is 248 g/mol. The summed E-state index contributed by atoms with van der Waals surface area (Å²) in [7, 11) is 0. The number of amides is 1. The highest BCUT2D eigenvalue weighted by Crippen LogP contribution is 2.11. The Morgan fingerprint density at radius 1 is 1.38 bits per heavy atom. The van der Waals surface area contributed by atoms with E-state index in [0.29, 0.717) is 18.0 Å². The molecule has 90 valence electrons. The summed E-state index contributed by atoms with van der Waals surface area (Å²) in [4.78, 5) is 23.4. The second kappa shape index (κ2) is 8.27. The molecule has 0 bridgehead atoms. The molecule has 0 radical (unpaired) electrons. The van der Waals surface area contributed by atoms with Gasteiger partial charge >= 0.3 is 0 Å². The van der Waals surface area contributed by atoms with Crippen LogP contribution in [0.2, 0.25) is 0 Å². The van der Waals surface area contributed by atoms with Gasteiger partial charge in [-0.25, -0.2) is 0 Å². The molecule has 0 aliphatic rings. The van der Waals surface area contributed by atoms with E-state index >= 15 is 0 Å². The number of hydrogen-bond acceptors (Lipinski definition) is 4. The van der Waals surface area contributed by atoms with Crippen LogP contribution in [0.15, 0.2) is 17.5 Å². The van der Waals surface area contributed by atoms with Crippen molar-refractivity contribution in [3.05, 3.63) is 22.4 Å². The van der Waals surface area contributed by atoms with E-state index in [1.165, 1.54) is 11.3 Å². The number of nitrogens with one attached hydrogen (secondary N) is 1. The first-order chi connectivity index (χ1) is 7.24. The Morgan fingerprint density at radius 3 is 2.69 bits per heavy atom.